The van der Waals surface area contributed by atoms with E-state index in [1.807, 2.05) is 6.07 Å². The van der Waals surface area contributed by atoms with E-state index in [1.165, 1.54) is 16.2 Å². The van der Waals surface area contributed by atoms with Gasteiger partial charge >= 0.3 is 0 Å². The number of fused-ring (bicyclic) bond motifs is 1. The van der Waals surface area contributed by atoms with Gasteiger partial charge < -0.3 is 4.90 Å². The number of imide groups is 1. The molecule has 0 saturated carbocycles. The molecule has 1 aromatic carbocycles. The van der Waals surface area contributed by atoms with Gasteiger partial charge in [0.2, 0.25) is 11.8 Å². The van der Waals surface area contributed by atoms with E-state index < -0.39 is 11.9 Å². The van der Waals surface area contributed by atoms with Crippen molar-refractivity contribution in [1.82, 2.24) is 15.2 Å². The lowest BCUT2D eigenvalue weighted by molar-refractivity contribution is -0.136. The normalized spacial score (nSPS) is 19.3. The van der Waals surface area contributed by atoms with E-state index in [9.17, 15) is 14.4 Å². The van der Waals surface area contributed by atoms with Crippen molar-refractivity contribution in [3.8, 4) is 16.6 Å². The lowest BCUT2D eigenvalue weighted by Gasteiger charge is -2.29. The molecule has 130 valence electrons. The SMILES string of the molecule is N#CCc1cnc(-c2cccc3c2CN(C2CCC(=O)NC2=O)C3=O)s1. The fraction of sp³-hybridized carbons (Fsp3) is 0.278. The first kappa shape index (κ1) is 16.4. The smallest absolute Gasteiger partial charge is 0.255 e. The highest BCUT2D eigenvalue weighted by atomic mass is 32.1. The van der Waals surface area contributed by atoms with Crippen LogP contribution in [0, 0.1) is 11.3 Å². The minimum absolute atomic E-state index is 0.204. The summed E-state index contributed by atoms with van der Waals surface area (Å²) in [6.07, 6.45) is 2.54. The minimum Gasteiger partial charge on any atom is -0.322 e. The molecule has 3 amide bonds. The summed E-state index contributed by atoms with van der Waals surface area (Å²) in [7, 11) is 0. The molecule has 1 atom stereocenters. The summed E-state index contributed by atoms with van der Waals surface area (Å²) in [5.74, 6) is -0.927. The number of rotatable bonds is 3. The van der Waals surface area contributed by atoms with Crippen LogP contribution < -0.4 is 5.32 Å². The second-order valence-corrected chi connectivity index (χ2v) is 7.31. The molecule has 1 unspecified atom stereocenters. The van der Waals surface area contributed by atoms with Gasteiger partial charge in [0.15, 0.2) is 0 Å². The van der Waals surface area contributed by atoms with E-state index in [2.05, 4.69) is 16.4 Å². The Morgan fingerprint density at radius 3 is 2.88 bits per heavy atom. The number of amides is 3. The van der Waals surface area contributed by atoms with Crippen LogP contribution in [0.15, 0.2) is 24.4 Å². The Labute approximate surface area is 153 Å². The maximum Gasteiger partial charge on any atom is 0.255 e. The van der Waals surface area contributed by atoms with Crippen LogP contribution in [-0.2, 0) is 22.6 Å². The highest BCUT2D eigenvalue weighted by Gasteiger charge is 2.40. The molecule has 2 aliphatic rings. The van der Waals surface area contributed by atoms with Crippen LogP contribution in [0.3, 0.4) is 0 Å². The van der Waals surface area contributed by atoms with Crippen molar-refractivity contribution in [2.75, 3.05) is 0 Å². The predicted octanol–water partition coefficient (Wildman–Crippen LogP) is 1.64. The highest BCUT2D eigenvalue weighted by molar-refractivity contribution is 7.15. The fourth-order valence-corrected chi connectivity index (χ4v) is 4.27. The number of nitriles is 1. The van der Waals surface area contributed by atoms with Crippen molar-refractivity contribution < 1.29 is 14.4 Å². The van der Waals surface area contributed by atoms with Gasteiger partial charge in [-0.1, -0.05) is 12.1 Å². The molecule has 0 radical (unpaired) electrons. The van der Waals surface area contributed by atoms with E-state index in [0.717, 1.165) is 21.0 Å². The summed E-state index contributed by atoms with van der Waals surface area (Å²) in [6, 6.07) is 6.91. The lowest BCUT2D eigenvalue weighted by Crippen LogP contribution is -2.52. The van der Waals surface area contributed by atoms with Gasteiger partial charge in [-0.25, -0.2) is 4.98 Å². The molecule has 0 spiro atoms. The second-order valence-electron chi connectivity index (χ2n) is 6.20. The molecule has 2 aromatic rings. The van der Waals surface area contributed by atoms with E-state index >= 15 is 0 Å². The standard InChI is InChI=1S/C18H14N4O3S/c19-7-6-10-8-20-17(26-10)11-2-1-3-12-13(11)9-22(18(12)25)14-4-5-15(23)21-16(14)24/h1-3,8,14H,4-6,9H2,(H,21,23,24). The average molecular weight is 366 g/mol. The van der Waals surface area contributed by atoms with Crippen molar-refractivity contribution in [3.05, 3.63) is 40.4 Å². The second kappa shape index (κ2) is 6.35. The summed E-state index contributed by atoms with van der Waals surface area (Å²) in [4.78, 5) is 43.1. The number of aromatic nitrogens is 1. The van der Waals surface area contributed by atoms with E-state index in [1.54, 1.807) is 18.3 Å². The summed E-state index contributed by atoms with van der Waals surface area (Å²) >= 11 is 1.43. The Bertz CT molecular complexity index is 975. The van der Waals surface area contributed by atoms with Crippen LogP contribution in [0.1, 0.15) is 33.6 Å². The first-order valence-electron chi connectivity index (χ1n) is 8.17. The molecule has 8 heteroatoms. The summed E-state index contributed by atoms with van der Waals surface area (Å²) < 4.78 is 0. The maximum absolute atomic E-state index is 12.8. The van der Waals surface area contributed by atoms with E-state index in [4.69, 9.17) is 5.26 Å². The van der Waals surface area contributed by atoms with Crippen molar-refractivity contribution in [2.24, 2.45) is 0 Å². The van der Waals surface area contributed by atoms with Gasteiger partial charge in [0.05, 0.1) is 12.5 Å². The number of carbonyl (C=O) groups is 3. The third-order valence-corrected chi connectivity index (χ3v) is 5.65. The zero-order chi connectivity index (χ0) is 18.3. The van der Waals surface area contributed by atoms with Crippen LogP contribution in [0.4, 0.5) is 0 Å². The zero-order valence-electron chi connectivity index (χ0n) is 13.7. The Hall–Kier alpha value is -3.05. The predicted molar refractivity (Wildman–Crippen MR) is 92.9 cm³/mol. The molecule has 4 rings (SSSR count). The Morgan fingerprint density at radius 1 is 1.31 bits per heavy atom. The summed E-state index contributed by atoms with van der Waals surface area (Å²) in [6.45, 7) is 0.309. The number of nitrogens with zero attached hydrogens (tertiary/aromatic N) is 3. The van der Waals surface area contributed by atoms with Crippen LogP contribution >= 0.6 is 11.3 Å². The number of thiazole rings is 1. The topological polar surface area (TPSA) is 103 Å². The van der Waals surface area contributed by atoms with E-state index in [-0.39, 0.29) is 18.2 Å². The third kappa shape index (κ3) is 2.66. The van der Waals surface area contributed by atoms with Crippen LogP contribution in [0.2, 0.25) is 0 Å². The molecule has 0 aliphatic carbocycles. The molecule has 1 saturated heterocycles. The zero-order valence-corrected chi connectivity index (χ0v) is 14.5. The molecule has 7 nitrogen and oxygen atoms in total. The van der Waals surface area contributed by atoms with Gasteiger partial charge in [0.25, 0.3) is 5.91 Å². The highest BCUT2D eigenvalue weighted by Crippen LogP contribution is 2.36. The molecule has 2 aliphatic heterocycles. The van der Waals surface area contributed by atoms with Gasteiger partial charge in [-0.15, -0.1) is 11.3 Å². The maximum atomic E-state index is 12.8. The quantitative estimate of drug-likeness (QED) is 0.832. The van der Waals surface area contributed by atoms with Crippen molar-refractivity contribution in [1.29, 1.82) is 5.26 Å². The molecule has 26 heavy (non-hydrogen) atoms. The molecular formula is C18H14N4O3S. The number of hydrogen-bond acceptors (Lipinski definition) is 6. The minimum atomic E-state index is -0.633. The fourth-order valence-electron chi connectivity index (χ4n) is 3.38. The molecule has 1 aromatic heterocycles. The van der Waals surface area contributed by atoms with Gasteiger partial charge in [-0.3, -0.25) is 19.7 Å². The monoisotopic (exact) mass is 366 g/mol. The Kier molecular flexibility index (Phi) is 4.01. The number of nitrogens with one attached hydrogen (secondary N) is 1. The lowest BCUT2D eigenvalue weighted by atomic mass is 10.0. The first-order chi connectivity index (χ1) is 12.6. The van der Waals surface area contributed by atoms with Crippen molar-refractivity contribution >= 4 is 29.1 Å². The van der Waals surface area contributed by atoms with E-state index in [0.29, 0.717) is 24.9 Å². The van der Waals surface area contributed by atoms with Crippen LogP contribution in [-0.4, -0.2) is 33.6 Å². The van der Waals surface area contributed by atoms with Crippen LogP contribution in [0.25, 0.3) is 10.6 Å². The number of piperidine rings is 1. The van der Waals surface area contributed by atoms with Gasteiger partial charge in [0.1, 0.15) is 11.0 Å². The van der Waals surface area contributed by atoms with Crippen molar-refractivity contribution in [3.63, 3.8) is 0 Å². The van der Waals surface area contributed by atoms with Gasteiger partial charge in [-0.05, 0) is 18.1 Å². The largest absolute Gasteiger partial charge is 0.322 e. The third-order valence-electron chi connectivity index (χ3n) is 4.62. The molecular weight excluding hydrogens is 352 g/mol. The molecule has 3 heterocycles. The summed E-state index contributed by atoms with van der Waals surface area (Å²) in [5, 5.41) is 11.9. The Balaban J connectivity index is 1.67. The summed E-state index contributed by atoms with van der Waals surface area (Å²) in [5.41, 5.74) is 2.24. The van der Waals surface area contributed by atoms with Gasteiger partial charge in [-0.2, -0.15) is 5.26 Å². The van der Waals surface area contributed by atoms with Crippen molar-refractivity contribution in [2.45, 2.75) is 31.8 Å². The average Bonchev–Trinajstić information content (AvgIpc) is 3.21. The molecule has 1 N–H and O–H groups in total. The number of carbonyl (C=O) groups excluding carboxylic acids is 3. The molecule has 1 fully saturated rings. The Morgan fingerprint density at radius 2 is 2.12 bits per heavy atom. The molecule has 0 bridgehead atoms. The first-order valence-corrected chi connectivity index (χ1v) is 8.98. The van der Waals surface area contributed by atoms with Gasteiger partial charge in [0, 0.05) is 35.2 Å². The number of hydrogen-bond donors (Lipinski definition) is 1. The van der Waals surface area contributed by atoms with Crippen LogP contribution in [0.5, 0.6) is 0 Å². The number of benzene rings is 1.